The molecule has 9 heteroatoms. The Kier molecular flexibility index (Phi) is 4.78. The number of para-hydroxylation sites is 2. The fourth-order valence-corrected chi connectivity index (χ4v) is 4.35. The Morgan fingerprint density at radius 2 is 1.81 bits per heavy atom. The first-order valence-corrected chi connectivity index (χ1v) is 9.86. The number of carbonyl (C=O) groups is 1. The van der Waals surface area contributed by atoms with E-state index in [0.717, 1.165) is 27.7 Å². The molecule has 4 rings (SSSR count). The van der Waals surface area contributed by atoms with Crippen molar-refractivity contribution >= 4 is 39.3 Å². The van der Waals surface area contributed by atoms with Crippen LogP contribution in [0.15, 0.2) is 64.5 Å². The van der Waals surface area contributed by atoms with E-state index in [4.69, 9.17) is 5.11 Å². The highest BCUT2D eigenvalue weighted by Crippen LogP contribution is 2.23. The molecule has 0 saturated heterocycles. The first kappa shape index (κ1) is 17.5. The molecular weight excluding hydrogens is 384 g/mol. The van der Waals surface area contributed by atoms with Gasteiger partial charge in [0.15, 0.2) is 11.0 Å². The maximum Gasteiger partial charge on any atom is 0.313 e. The van der Waals surface area contributed by atoms with Gasteiger partial charge in [0, 0.05) is 5.69 Å². The van der Waals surface area contributed by atoms with E-state index in [0.29, 0.717) is 11.0 Å². The van der Waals surface area contributed by atoms with Crippen LogP contribution in [0, 0.1) is 0 Å². The van der Waals surface area contributed by atoms with Gasteiger partial charge in [0.25, 0.3) is 0 Å². The van der Waals surface area contributed by atoms with Crippen LogP contribution in [0.2, 0.25) is 0 Å². The second-order valence-electron chi connectivity index (χ2n) is 5.67. The summed E-state index contributed by atoms with van der Waals surface area (Å²) in [5, 5.41) is 17.9. The van der Waals surface area contributed by atoms with Gasteiger partial charge in [0.2, 0.25) is 0 Å². The number of aliphatic carboxylic acids is 1. The van der Waals surface area contributed by atoms with Crippen LogP contribution in [-0.2, 0) is 11.3 Å². The summed E-state index contributed by atoms with van der Waals surface area (Å²) in [6, 6.07) is 17.1. The summed E-state index contributed by atoms with van der Waals surface area (Å²) in [6.45, 7) is 0.248. The van der Waals surface area contributed by atoms with Crippen LogP contribution in [0.1, 0.15) is 5.82 Å². The van der Waals surface area contributed by atoms with Gasteiger partial charge in [0.1, 0.15) is 0 Å². The fourth-order valence-electron chi connectivity index (χ4n) is 2.76. The van der Waals surface area contributed by atoms with Crippen LogP contribution < -0.4 is 4.87 Å². The number of aromatic nitrogens is 4. The van der Waals surface area contributed by atoms with Gasteiger partial charge in [-0.15, -0.1) is 10.2 Å². The van der Waals surface area contributed by atoms with Crippen molar-refractivity contribution in [2.24, 2.45) is 0 Å². The zero-order chi connectivity index (χ0) is 18.8. The highest BCUT2D eigenvalue weighted by Gasteiger charge is 2.18. The topological polar surface area (TPSA) is 90.0 Å². The largest absolute Gasteiger partial charge is 0.481 e. The Morgan fingerprint density at radius 3 is 2.59 bits per heavy atom. The molecule has 1 N–H and O–H groups in total. The van der Waals surface area contributed by atoms with Gasteiger partial charge >= 0.3 is 10.8 Å². The number of nitrogens with zero attached hydrogens (tertiary/aromatic N) is 4. The second-order valence-corrected chi connectivity index (χ2v) is 7.61. The highest BCUT2D eigenvalue weighted by atomic mass is 32.2. The zero-order valence-corrected chi connectivity index (χ0v) is 15.6. The number of carboxylic acid groups (broad SMARTS) is 1. The number of thiazole rings is 1. The summed E-state index contributed by atoms with van der Waals surface area (Å²) < 4.78 is 4.37. The molecule has 0 aliphatic rings. The molecule has 0 aliphatic heterocycles. The maximum atomic E-state index is 12.5. The average Bonchev–Trinajstić information content (AvgIpc) is 3.22. The molecule has 0 bridgehead atoms. The van der Waals surface area contributed by atoms with Crippen LogP contribution in [0.4, 0.5) is 0 Å². The molecule has 0 unspecified atom stereocenters. The highest BCUT2D eigenvalue weighted by molar-refractivity contribution is 7.99. The number of thioether (sulfide) groups is 1. The molecule has 2 aromatic heterocycles. The van der Waals surface area contributed by atoms with Crippen LogP contribution in [-0.4, -0.2) is 36.2 Å². The summed E-state index contributed by atoms with van der Waals surface area (Å²) in [7, 11) is 0. The quantitative estimate of drug-likeness (QED) is 0.502. The van der Waals surface area contributed by atoms with Crippen molar-refractivity contribution in [2.75, 3.05) is 5.75 Å². The van der Waals surface area contributed by atoms with Crippen molar-refractivity contribution < 1.29 is 9.90 Å². The minimum Gasteiger partial charge on any atom is -0.481 e. The molecule has 0 amide bonds. The lowest BCUT2D eigenvalue weighted by Gasteiger charge is -2.10. The van der Waals surface area contributed by atoms with Gasteiger partial charge in [-0.1, -0.05) is 53.4 Å². The summed E-state index contributed by atoms with van der Waals surface area (Å²) in [5.74, 6) is -0.476. The third-order valence-electron chi connectivity index (χ3n) is 3.91. The van der Waals surface area contributed by atoms with E-state index in [-0.39, 0.29) is 17.2 Å². The molecule has 136 valence electrons. The number of rotatable bonds is 6. The van der Waals surface area contributed by atoms with Gasteiger partial charge in [-0.2, -0.15) is 0 Å². The van der Waals surface area contributed by atoms with Crippen molar-refractivity contribution in [3.8, 4) is 5.69 Å². The second kappa shape index (κ2) is 7.37. The Labute approximate surface area is 161 Å². The van der Waals surface area contributed by atoms with Crippen LogP contribution in [0.5, 0.6) is 0 Å². The maximum absolute atomic E-state index is 12.5. The molecule has 4 aromatic rings. The molecule has 2 heterocycles. The van der Waals surface area contributed by atoms with Crippen molar-refractivity contribution in [1.82, 2.24) is 19.3 Å². The smallest absolute Gasteiger partial charge is 0.313 e. The summed E-state index contributed by atoms with van der Waals surface area (Å²) >= 11 is 2.28. The van der Waals surface area contributed by atoms with Crippen LogP contribution in [0.25, 0.3) is 15.9 Å². The third-order valence-corrected chi connectivity index (χ3v) is 5.79. The molecule has 0 atom stereocenters. The van der Waals surface area contributed by atoms with Crippen molar-refractivity contribution in [2.45, 2.75) is 11.7 Å². The lowest BCUT2D eigenvalue weighted by molar-refractivity contribution is -0.133. The summed E-state index contributed by atoms with van der Waals surface area (Å²) in [5.41, 5.74) is 1.66. The fraction of sp³-hybridized carbons (Fsp3) is 0.111. The Hall–Kier alpha value is -2.91. The molecular formula is C18H14N4O3S2. The number of hydrogen-bond acceptors (Lipinski definition) is 6. The summed E-state index contributed by atoms with van der Waals surface area (Å²) in [6.07, 6.45) is 0. The first-order chi connectivity index (χ1) is 13.1. The zero-order valence-electron chi connectivity index (χ0n) is 14.0. The molecule has 0 aliphatic carbocycles. The van der Waals surface area contributed by atoms with E-state index >= 15 is 0 Å². The monoisotopic (exact) mass is 398 g/mol. The minimum absolute atomic E-state index is 0.0708. The number of benzene rings is 2. The Balaban J connectivity index is 1.79. The Morgan fingerprint density at radius 1 is 1.07 bits per heavy atom. The molecule has 0 spiro atoms. The summed E-state index contributed by atoms with van der Waals surface area (Å²) in [4.78, 5) is 23.3. The standard InChI is InChI=1S/C18H14N4O3S2/c23-16(24)11-26-17-20-19-15(22(17)12-6-2-1-3-7-12)10-21-13-8-4-5-9-14(13)27-18(21)25/h1-9H,10-11H2,(H,23,24). The number of hydrogen-bond donors (Lipinski definition) is 1. The molecule has 2 aromatic carbocycles. The van der Waals surface area contributed by atoms with E-state index in [1.807, 2.05) is 54.6 Å². The van der Waals surface area contributed by atoms with Crippen LogP contribution in [0.3, 0.4) is 0 Å². The van der Waals surface area contributed by atoms with Gasteiger partial charge in [-0.25, -0.2) is 0 Å². The van der Waals surface area contributed by atoms with Gasteiger partial charge in [0.05, 0.1) is 22.5 Å². The average molecular weight is 398 g/mol. The van der Waals surface area contributed by atoms with Crippen molar-refractivity contribution in [1.29, 1.82) is 0 Å². The predicted octanol–water partition coefficient (Wildman–Crippen LogP) is 2.87. The normalized spacial score (nSPS) is 11.1. The predicted molar refractivity (Wildman–Crippen MR) is 105 cm³/mol. The minimum atomic E-state index is -0.927. The first-order valence-electron chi connectivity index (χ1n) is 8.06. The molecule has 7 nitrogen and oxygen atoms in total. The lowest BCUT2D eigenvalue weighted by Crippen LogP contribution is -2.17. The van der Waals surface area contributed by atoms with E-state index in [1.165, 1.54) is 11.3 Å². The van der Waals surface area contributed by atoms with Gasteiger partial charge in [-0.05, 0) is 24.3 Å². The van der Waals surface area contributed by atoms with E-state index in [1.54, 1.807) is 9.13 Å². The SMILES string of the molecule is O=C(O)CSc1nnc(Cn2c(=O)sc3ccccc32)n1-c1ccccc1. The third kappa shape index (κ3) is 3.51. The van der Waals surface area contributed by atoms with Gasteiger partial charge in [-0.3, -0.25) is 18.7 Å². The molecule has 0 fully saturated rings. The lowest BCUT2D eigenvalue weighted by atomic mass is 10.3. The number of fused-ring (bicyclic) bond motifs is 1. The molecule has 0 saturated carbocycles. The van der Waals surface area contributed by atoms with Gasteiger partial charge < -0.3 is 5.11 Å². The van der Waals surface area contributed by atoms with E-state index < -0.39 is 5.97 Å². The van der Waals surface area contributed by atoms with E-state index in [2.05, 4.69) is 10.2 Å². The molecule has 27 heavy (non-hydrogen) atoms. The van der Waals surface area contributed by atoms with E-state index in [9.17, 15) is 9.59 Å². The van der Waals surface area contributed by atoms with Crippen LogP contribution >= 0.6 is 23.1 Å². The number of carboxylic acids is 1. The Bertz CT molecular complexity index is 1160. The van der Waals surface area contributed by atoms with Crippen molar-refractivity contribution in [3.05, 3.63) is 70.1 Å². The molecule has 0 radical (unpaired) electrons. The van der Waals surface area contributed by atoms with Crippen molar-refractivity contribution in [3.63, 3.8) is 0 Å².